The second-order valence-corrected chi connectivity index (χ2v) is 7.23. The Balaban J connectivity index is 1.48. The van der Waals surface area contributed by atoms with Crippen LogP contribution in [0.2, 0.25) is 0 Å². The van der Waals surface area contributed by atoms with E-state index in [1.165, 1.54) is 0 Å². The predicted molar refractivity (Wildman–Crippen MR) is 99.7 cm³/mol. The molecule has 0 spiro atoms. The first-order chi connectivity index (χ1) is 11.3. The number of rotatable bonds is 6. The van der Waals surface area contributed by atoms with Gasteiger partial charge < -0.3 is 15.0 Å². The molecule has 0 amide bonds. The van der Waals surface area contributed by atoms with Crippen molar-refractivity contribution < 1.29 is 4.74 Å². The van der Waals surface area contributed by atoms with Crippen molar-refractivity contribution in [1.82, 2.24) is 9.97 Å². The highest BCUT2D eigenvalue weighted by Gasteiger charge is 2.12. The SMILES string of the molecule is Brc1cccc(OCCNc2cc(N3CCSCC3)ncn2)c1. The van der Waals surface area contributed by atoms with Gasteiger partial charge in [0.2, 0.25) is 0 Å². The lowest BCUT2D eigenvalue weighted by Crippen LogP contribution is -2.33. The zero-order chi connectivity index (χ0) is 15.9. The Morgan fingerprint density at radius 3 is 2.91 bits per heavy atom. The van der Waals surface area contributed by atoms with Gasteiger partial charge in [0, 0.05) is 35.1 Å². The van der Waals surface area contributed by atoms with E-state index in [1.54, 1.807) is 6.33 Å². The Bertz CT molecular complexity index is 637. The molecule has 0 atom stereocenters. The van der Waals surface area contributed by atoms with E-state index in [9.17, 15) is 0 Å². The smallest absolute Gasteiger partial charge is 0.134 e. The summed E-state index contributed by atoms with van der Waals surface area (Å²) in [5.41, 5.74) is 0. The van der Waals surface area contributed by atoms with Crippen molar-refractivity contribution in [3.63, 3.8) is 0 Å². The molecule has 23 heavy (non-hydrogen) atoms. The molecule has 2 aromatic rings. The molecule has 1 aromatic heterocycles. The van der Waals surface area contributed by atoms with Gasteiger partial charge in [-0.15, -0.1) is 0 Å². The van der Waals surface area contributed by atoms with Gasteiger partial charge in [0.15, 0.2) is 0 Å². The Labute approximate surface area is 149 Å². The highest BCUT2D eigenvalue weighted by Crippen LogP contribution is 2.19. The largest absolute Gasteiger partial charge is 0.492 e. The van der Waals surface area contributed by atoms with E-state index in [0.29, 0.717) is 13.2 Å². The maximum Gasteiger partial charge on any atom is 0.134 e. The summed E-state index contributed by atoms with van der Waals surface area (Å²) in [6.45, 7) is 3.37. The Morgan fingerprint density at radius 1 is 1.22 bits per heavy atom. The molecule has 122 valence electrons. The van der Waals surface area contributed by atoms with E-state index >= 15 is 0 Å². The molecule has 0 bridgehead atoms. The summed E-state index contributed by atoms with van der Waals surface area (Å²) in [4.78, 5) is 11.0. The summed E-state index contributed by atoms with van der Waals surface area (Å²) in [6, 6.07) is 9.85. The molecular formula is C16H19BrN4OS. The molecule has 0 unspecified atom stereocenters. The molecule has 2 heterocycles. The number of nitrogens with zero attached hydrogens (tertiary/aromatic N) is 3. The number of aromatic nitrogens is 2. The monoisotopic (exact) mass is 394 g/mol. The van der Waals surface area contributed by atoms with Crippen LogP contribution < -0.4 is 15.0 Å². The minimum Gasteiger partial charge on any atom is -0.492 e. The standard InChI is InChI=1S/C16H19BrN4OS/c17-13-2-1-3-14(10-13)22-7-4-18-15-11-16(20-12-19-15)21-5-8-23-9-6-21/h1-3,10-12H,4-9H2,(H,18,19,20). The highest BCUT2D eigenvalue weighted by molar-refractivity contribution is 9.10. The Morgan fingerprint density at radius 2 is 2.09 bits per heavy atom. The summed E-state index contributed by atoms with van der Waals surface area (Å²) < 4.78 is 6.72. The number of anilines is 2. The Hall–Kier alpha value is -1.47. The van der Waals surface area contributed by atoms with Crippen molar-refractivity contribution in [3.8, 4) is 5.75 Å². The third-order valence-electron chi connectivity index (χ3n) is 3.46. The highest BCUT2D eigenvalue weighted by atomic mass is 79.9. The predicted octanol–water partition coefficient (Wildman–Crippen LogP) is 3.28. The molecule has 5 nitrogen and oxygen atoms in total. The van der Waals surface area contributed by atoms with Crippen LogP contribution in [0.3, 0.4) is 0 Å². The lowest BCUT2D eigenvalue weighted by Gasteiger charge is -2.27. The van der Waals surface area contributed by atoms with Crippen LogP contribution in [-0.2, 0) is 0 Å². The molecule has 0 aliphatic carbocycles. The number of halogens is 1. The summed E-state index contributed by atoms with van der Waals surface area (Å²) in [5.74, 6) is 5.01. The van der Waals surface area contributed by atoms with Gasteiger partial charge in [-0.3, -0.25) is 0 Å². The molecule has 1 fully saturated rings. The number of nitrogens with one attached hydrogen (secondary N) is 1. The van der Waals surface area contributed by atoms with E-state index in [-0.39, 0.29) is 0 Å². The van der Waals surface area contributed by atoms with Gasteiger partial charge >= 0.3 is 0 Å². The van der Waals surface area contributed by atoms with Crippen LogP contribution >= 0.6 is 27.7 Å². The van der Waals surface area contributed by atoms with Gasteiger partial charge in [0.05, 0.1) is 6.54 Å². The van der Waals surface area contributed by atoms with Crippen LogP contribution in [0.4, 0.5) is 11.6 Å². The third kappa shape index (κ3) is 5.00. The summed E-state index contributed by atoms with van der Waals surface area (Å²) in [6.07, 6.45) is 1.62. The molecule has 1 saturated heterocycles. The lowest BCUT2D eigenvalue weighted by atomic mass is 10.3. The number of hydrogen-bond donors (Lipinski definition) is 1. The molecule has 3 rings (SSSR count). The molecule has 1 aromatic carbocycles. The Kier molecular flexibility index (Phi) is 5.99. The van der Waals surface area contributed by atoms with Crippen molar-refractivity contribution in [1.29, 1.82) is 0 Å². The number of thioether (sulfide) groups is 1. The minimum atomic E-state index is 0.580. The van der Waals surface area contributed by atoms with Gasteiger partial charge in [0.25, 0.3) is 0 Å². The molecule has 1 aliphatic rings. The fourth-order valence-electron chi connectivity index (χ4n) is 2.31. The zero-order valence-corrected chi connectivity index (χ0v) is 15.1. The number of hydrogen-bond acceptors (Lipinski definition) is 6. The first kappa shape index (κ1) is 16.4. The van der Waals surface area contributed by atoms with Gasteiger partial charge in [0.1, 0.15) is 30.3 Å². The van der Waals surface area contributed by atoms with Crippen molar-refractivity contribution in [3.05, 3.63) is 41.1 Å². The van der Waals surface area contributed by atoms with Crippen molar-refractivity contribution in [2.45, 2.75) is 0 Å². The zero-order valence-electron chi connectivity index (χ0n) is 12.7. The van der Waals surface area contributed by atoms with Crippen LogP contribution in [0.5, 0.6) is 5.75 Å². The van der Waals surface area contributed by atoms with Gasteiger partial charge in [-0.25, -0.2) is 9.97 Å². The minimum absolute atomic E-state index is 0.580. The molecule has 0 radical (unpaired) electrons. The van der Waals surface area contributed by atoms with Crippen LogP contribution in [-0.4, -0.2) is 47.7 Å². The first-order valence-corrected chi connectivity index (χ1v) is 9.53. The lowest BCUT2D eigenvalue weighted by molar-refractivity contribution is 0.332. The quantitative estimate of drug-likeness (QED) is 0.758. The van der Waals surface area contributed by atoms with Crippen LogP contribution in [0.15, 0.2) is 41.1 Å². The van der Waals surface area contributed by atoms with Gasteiger partial charge in [-0.2, -0.15) is 11.8 Å². The van der Waals surface area contributed by atoms with E-state index in [1.807, 2.05) is 42.1 Å². The summed E-state index contributed by atoms with van der Waals surface area (Å²) in [7, 11) is 0. The number of ether oxygens (including phenoxy) is 1. The second-order valence-electron chi connectivity index (χ2n) is 5.09. The van der Waals surface area contributed by atoms with Crippen LogP contribution in [0.1, 0.15) is 0 Å². The maximum absolute atomic E-state index is 5.71. The molecule has 7 heteroatoms. The van der Waals surface area contributed by atoms with E-state index in [2.05, 4.69) is 36.1 Å². The molecule has 1 N–H and O–H groups in total. The molecule has 0 saturated carbocycles. The summed E-state index contributed by atoms with van der Waals surface area (Å²) in [5, 5.41) is 3.29. The van der Waals surface area contributed by atoms with E-state index in [0.717, 1.165) is 46.5 Å². The fraction of sp³-hybridized carbons (Fsp3) is 0.375. The van der Waals surface area contributed by atoms with Crippen molar-refractivity contribution in [2.75, 3.05) is 48.0 Å². The third-order valence-corrected chi connectivity index (χ3v) is 4.90. The average molecular weight is 395 g/mol. The molecule has 1 aliphatic heterocycles. The van der Waals surface area contributed by atoms with Crippen molar-refractivity contribution >= 4 is 39.3 Å². The van der Waals surface area contributed by atoms with E-state index < -0.39 is 0 Å². The fourth-order valence-corrected chi connectivity index (χ4v) is 3.60. The van der Waals surface area contributed by atoms with Gasteiger partial charge in [-0.05, 0) is 18.2 Å². The average Bonchev–Trinajstić information content (AvgIpc) is 2.60. The topological polar surface area (TPSA) is 50.3 Å². The summed E-state index contributed by atoms with van der Waals surface area (Å²) >= 11 is 5.43. The normalized spacial score (nSPS) is 14.6. The molecular weight excluding hydrogens is 376 g/mol. The van der Waals surface area contributed by atoms with E-state index in [4.69, 9.17) is 4.74 Å². The van der Waals surface area contributed by atoms with Crippen LogP contribution in [0, 0.1) is 0 Å². The maximum atomic E-state index is 5.71. The second kappa shape index (κ2) is 8.40. The number of benzene rings is 1. The first-order valence-electron chi connectivity index (χ1n) is 7.58. The van der Waals surface area contributed by atoms with Crippen LogP contribution in [0.25, 0.3) is 0 Å². The van der Waals surface area contributed by atoms with Crippen molar-refractivity contribution in [2.24, 2.45) is 0 Å². The van der Waals surface area contributed by atoms with Gasteiger partial charge in [-0.1, -0.05) is 22.0 Å².